The van der Waals surface area contributed by atoms with Gasteiger partial charge in [-0.1, -0.05) is 101 Å². The van der Waals surface area contributed by atoms with E-state index < -0.39 is 64.5 Å². The van der Waals surface area contributed by atoms with E-state index in [1.54, 1.807) is 63.3 Å². The van der Waals surface area contributed by atoms with E-state index in [0.29, 0.717) is 38.2 Å². The fourth-order valence-corrected chi connectivity index (χ4v) is 14.2. The molecule has 0 spiro atoms. The Morgan fingerprint density at radius 2 is 1.25 bits per heavy atom. The Labute approximate surface area is 430 Å². The molecule has 1 unspecified atom stereocenters. The Hall–Kier alpha value is -4.00. The molecule has 1 saturated carbocycles. The minimum absolute atomic E-state index is 0.00253. The highest BCUT2D eigenvalue weighted by Gasteiger charge is 2.58. The average molecular weight is 1020 g/mol. The number of ketones is 1. The van der Waals surface area contributed by atoms with Gasteiger partial charge >= 0.3 is 0 Å². The number of amides is 5. The van der Waals surface area contributed by atoms with Crippen LogP contribution < -0.4 is 31.9 Å². The van der Waals surface area contributed by atoms with E-state index in [4.69, 9.17) is 9.47 Å². The molecule has 5 amide bonds. The zero-order valence-electron chi connectivity index (χ0n) is 43.5. The third-order valence-electron chi connectivity index (χ3n) is 15.2. The highest BCUT2D eigenvalue weighted by molar-refractivity contribution is 8.00. The summed E-state index contributed by atoms with van der Waals surface area (Å²) in [6.07, 6.45) is 5.89. The van der Waals surface area contributed by atoms with Crippen molar-refractivity contribution in [1.29, 1.82) is 0 Å². The van der Waals surface area contributed by atoms with Crippen molar-refractivity contribution in [1.82, 2.24) is 36.8 Å². The maximum atomic E-state index is 14.5. The van der Waals surface area contributed by atoms with Crippen LogP contribution in [0.25, 0.3) is 0 Å². The first kappa shape index (κ1) is 56.3. The molecule has 0 aromatic heterocycles. The molecule has 4 fully saturated rings. The molecule has 2 aromatic rings. The van der Waals surface area contributed by atoms with Crippen LogP contribution in [-0.2, 0) is 38.2 Å². The van der Waals surface area contributed by atoms with E-state index in [-0.39, 0.29) is 59.2 Å². The van der Waals surface area contributed by atoms with Gasteiger partial charge in [-0.3, -0.25) is 28.8 Å². The van der Waals surface area contributed by atoms with E-state index >= 15 is 0 Å². The lowest BCUT2D eigenvalue weighted by Gasteiger charge is -2.38. The smallest absolute Gasteiger partial charge is 0.249 e. The number of hydrogen-bond acceptors (Lipinski definition) is 12. The van der Waals surface area contributed by atoms with Gasteiger partial charge in [0.25, 0.3) is 0 Å². The van der Waals surface area contributed by atoms with Crippen LogP contribution in [0.5, 0.6) is 0 Å². The van der Waals surface area contributed by atoms with Crippen LogP contribution in [0.4, 0.5) is 0 Å². The van der Waals surface area contributed by atoms with Crippen LogP contribution in [0.2, 0.25) is 0 Å². The Bertz CT molecular complexity index is 2130. The summed E-state index contributed by atoms with van der Waals surface area (Å²) < 4.78 is 12.5. The number of rotatable bonds is 23. The van der Waals surface area contributed by atoms with Crippen molar-refractivity contribution in [2.45, 2.75) is 152 Å². The number of ether oxygens (including phenoxy) is 2. The molecule has 0 bridgehead atoms. The van der Waals surface area contributed by atoms with Gasteiger partial charge in [-0.2, -0.15) is 11.8 Å². The molecule has 3 aliphatic heterocycles. The Morgan fingerprint density at radius 1 is 0.704 bits per heavy atom. The quantitative estimate of drug-likeness (QED) is 0.0746. The number of Topliss-reactive ketones (excluding diaryl/α,β-unsaturated/α-hetero) is 1. The summed E-state index contributed by atoms with van der Waals surface area (Å²) in [7, 11) is 3.42. The zero-order chi connectivity index (χ0) is 51.5. The normalized spacial score (nSPS) is 27.5. The Kier molecular flexibility index (Phi) is 20.1. The number of carbonyl (C=O) groups is 6. The lowest BCUT2D eigenvalue weighted by Crippen LogP contribution is -2.63. The third-order valence-corrected chi connectivity index (χ3v) is 17.8. The summed E-state index contributed by atoms with van der Waals surface area (Å²) in [5.74, 6) is -0.807. The maximum absolute atomic E-state index is 14.5. The number of benzene rings is 2. The maximum Gasteiger partial charge on any atom is 0.249 e. The predicted molar refractivity (Wildman–Crippen MR) is 281 cm³/mol. The monoisotopic (exact) mass is 1020 g/mol. The molecule has 4 aliphatic rings. The number of thioether (sulfide) groups is 2. The molecular weight excluding hydrogens is 939 g/mol. The minimum Gasteiger partial charge on any atom is -0.379 e. The van der Waals surface area contributed by atoms with Crippen molar-refractivity contribution in [3.63, 3.8) is 0 Å². The highest BCUT2D eigenvalue weighted by Crippen LogP contribution is 2.53. The van der Waals surface area contributed by atoms with Gasteiger partial charge in [-0.25, -0.2) is 0 Å². The van der Waals surface area contributed by atoms with Crippen molar-refractivity contribution >= 4 is 58.8 Å². The number of carbonyl (C=O) groups excluding carboxylic acids is 6. The lowest BCUT2D eigenvalue weighted by atomic mass is 9.75. The summed E-state index contributed by atoms with van der Waals surface area (Å²) in [4.78, 5) is 85.1. The molecule has 15 nitrogen and oxygen atoms in total. The van der Waals surface area contributed by atoms with Crippen molar-refractivity contribution in [2.75, 3.05) is 52.0 Å². The van der Waals surface area contributed by atoms with Crippen LogP contribution in [0.3, 0.4) is 0 Å². The molecule has 71 heavy (non-hydrogen) atoms. The molecule has 6 N–H and O–H groups in total. The van der Waals surface area contributed by atoms with E-state index in [0.717, 1.165) is 49.0 Å². The standard InChI is InChI=1S/C54H81N7O8S2/c1-34(55-8)47(63)57-38-24-28-70-41-30-52(3,4)44(43(41)45(38)62)49(65)58-39(36-20-14-12-15-21-36)32-68-26-18-10-11-19-27-69-33-40(37-22-16-13-17-23-37)59-50(66)46-53(5,6)31-42-61(46)51(67)54(7,25-29-71-42)60-48(64)35(2)56-9/h12-17,20-23,34-35,38-44,46,55-56H,10-11,18-19,24-33H2,1-9H3,(H,57,63)(H,58,65)(H,59,66)(H,60,64)/t34-,35-,38-,39+,40+,41-,42-,43?,44+,46+,54+/m0/s1. The highest BCUT2D eigenvalue weighted by atomic mass is 32.2. The first-order valence-corrected chi connectivity index (χ1v) is 27.8. The lowest BCUT2D eigenvalue weighted by molar-refractivity contribution is -0.147. The summed E-state index contributed by atoms with van der Waals surface area (Å²) in [6, 6.07) is 16.4. The summed E-state index contributed by atoms with van der Waals surface area (Å²) in [6.45, 7) is 15.1. The summed E-state index contributed by atoms with van der Waals surface area (Å²) in [5.41, 5.74) is -0.240. The van der Waals surface area contributed by atoms with Crippen molar-refractivity contribution < 1.29 is 38.2 Å². The molecule has 6 rings (SSSR count). The molecule has 392 valence electrons. The van der Waals surface area contributed by atoms with Gasteiger partial charge in [0.1, 0.15) is 11.6 Å². The molecule has 3 saturated heterocycles. The Balaban J connectivity index is 0.987. The number of nitrogens with one attached hydrogen (secondary N) is 6. The second-order valence-electron chi connectivity index (χ2n) is 21.6. The van der Waals surface area contributed by atoms with Crippen LogP contribution in [0.15, 0.2) is 60.7 Å². The fourth-order valence-electron chi connectivity index (χ4n) is 10.8. The molecule has 11 atom stereocenters. The van der Waals surface area contributed by atoms with Gasteiger partial charge in [0.2, 0.25) is 29.5 Å². The molecule has 3 heterocycles. The van der Waals surface area contributed by atoms with Crippen molar-refractivity contribution in [3.8, 4) is 0 Å². The molecular formula is C54H81N7O8S2. The topological polar surface area (TPSA) is 196 Å². The van der Waals surface area contributed by atoms with Gasteiger partial charge in [-0.05, 0) is 107 Å². The van der Waals surface area contributed by atoms with Crippen LogP contribution in [0, 0.1) is 22.7 Å². The fraction of sp³-hybridized carbons (Fsp3) is 0.667. The van der Waals surface area contributed by atoms with Gasteiger partial charge in [0, 0.05) is 24.4 Å². The average Bonchev–Trinajstić information content (AvgIpc) is 3.68. The van der Waals surface area contributed by atoms with E-state index in [9.17, 15) is 28.8 Å². The van der Waals surface area contributed by atoms with Gasteiger partial charge in [0.05, 0.1) is 54.7 Å². The van der Waals surface area contributed by atoms with E-state index in [1.807, 2.05) is 74.5 Å². The largest absolute Gasteiger partial charge is 0.379 e. The number of unbranched alkanes of at least 4 members (excludes halogenated alkanes) is 3. The molecule has 17 heteroatoms. The number of fused-ring (bicyclic) bond motifs is 2. The van der Waals surface area contributed by atoms with Crippen molar-refractivity contribution in [2.24, 2.45) is 22.7 Å². The second-order valence-corrected chi connectivity index (χ2v) is 24.2. The summed E-state index contributed by atoms with van der Waals surface area (Å²) >= 11 is 3.41. The van der Waals surface area contributed by atoms with Crippen LogP contribution in [0.1, 0.15) is 123 Å². The van der Waals surface area contributed by atoms with Gasteiger partial charge in [0.15, 0.2) is 5.78 Å². The SMILES string of the molecule is CN[C@@H](C)C(=O)N[C@H]1CCS[C@H]2CC(C)(C)[C@@H](C(=O)N[C@H](COCCCCCCOC[C@@H](NC(=O)[C@H]3N4C(=O)[C@](C)(NC(=O)[C@H](C)NC)CCS[C@H]4CC3(C)C)c3ccccc3)c3ccccc3)C2C1=O. The van der Waals surface area contributed by atoms with Crippen molar-refractivity contribution in [3.05, 3.63) is 71.8 Å². The van der Waals surface area contributed by atoms with Crippen LogP contribution >= 0.6 is 23.5 Å². The second kappa shape index (κ2) is 25.3. The first-order valence-electron chi connectivity index (χ1n) is 25.7. The first-order chi connectivity index (χ1) is 33.8. The molecule has 2 aromatic carbocycles. The van der Waals surface area contributed by atoms with Gasteiger partial charge < -0.3 is 46.3 Å². The van der Waals surface area contributed by atoms with Gasteiger partial charge in [-0.15, -0.1) is 11.8 Å². The van der Waals surface area contributed by atoms with E-state index in [1.165, 1.54) is 0 Å². The number of nitrogens with zero attached hydrogens (tertiary/aromatic N) is 1. The molecule has 0 radical (unpaired) electrons. The third kappa shape index (κ3) is 14.0. The minimum atomic E-state index is -1.15. The summed E-state index contributed by atoms with van der Waals surface area (Å²) in [5, 5.41) is 18.3. The Morgan fingerprint density at radius 3 is 1.82 bits per heavy atom. The zero-order valence-corrected chi connectivity index (χ0v) is 45.1. The van der Waals surface area contributed by atoms with Crippen LogP contribution in [-0.4, -0.2) is 133 Å². The number of hydrogen-bond donors (Lipinski definition) is 6. The predicted octanol–water partition coefficient (Wildman–Crippen LogP) is 5.70. The molecule has 1 aliphatic carbocycles. The van der Waals surface area contributed by atoms with E-state index in [2.05, 4.69) is 45.7 Å². The number of likely N-dealkylation sites (N-methyl/N-ethyl adjacent to an activating group) is 2.